The van der Waals surface area contributed by atoms with Crippen molar-refractivity contribution in [3.8, 4) is 0 Å². The molecule has 0 heterocycles. The minimum atomic E-state index is 0.0629. The molecule has 0 aliphatic rings. The number of thioether (sulfide) groups is 1. The number of hydrogen-bond acceptors (Lipinski definition) is 2. The van der Waals surface area contributed by atoms with Crippen molar-refractivity contribution in [1.82, 2.24) is 5.32 Å². The third-order valence-corrected chi connectivity index (χ3v) is 1.56. The molecule has 0 aromatic heterocycles. The van der Waals surface area contributed by atoms with Crippen LogP contribution in [0.4, 0.5) is 0 Å². The first kappa shape index (κ1) is 9.56. The summed E-state index contributed by atoms with van der Waals surface area (Å²) in [6.45, 7) is 3.90. The van der Waals surface area contributed by atoms with Gasteiger partial charge < -0.3 is 5.32 Å². The SMILES string of the molecule is CCSC=CNC(=O)CC. The summed E-state index contributed by atoms with van der Waals surface area (Å²) in [4.78, 5) is 10.6. The number of amides is 1. The van der Waals surface area contributed by atoms with Crippen LogP contribution in [0, 0.1) is 0 Å². The smallest absolute Gasteiger partial charge is 0.223 e. The predicted molar refractivity (Wildman–Crippen MR) is 45.7 cm³/mol. The molecule has 0 unspecified atom stereocenters. The summed E-state index contributed by atoms with van der Waals surface area (Å²) in [5.41, 5.74) is 0. The van der Waals surface area contributed by atoms with Crippen LogP contribution in [0.15, 0.2) is 11.6 Å². The van der Waals surface area contributed by atoms with Crippen LogP contribution in [0.25, 0.3) is 0 Å². The van der Waals surface area contributed by atoms with Gasteiger partial charge >= 0.3 is 0 Å². The second-order valence-electron chi connectivity index (χ2n) is 1.68. The van der Waals surface area contributed by atoms with Gasteiger partial charge in [-0.05, 0) is 11.2 Å². The van der Waals surface area contributed by atoms with Crippen LogP contribution in [0.3, 0.4) is 0 Å². The van der Waals surface area contributed by atoms with Crippen LogP contribution in [-0.2, 0) is 4.79 Å². The van der Waals surface area contributed by atoms with Gasteiger partial charge in [0.05, 0.1) is 0 Å². The van der Waals surface area contributed by atoms with E-state index in [9.17, 15) is 4.79 Å². The van der Waals surface area contributed by atoms with Gasteiger partial charge in [-0.15, -0.1) is 11.8 Å². The van der Waals surface area contributed by atoms with Gasteiger partial charge in [-0.2, -0.15) is 0 Å². The van der Waals surface area contributed by atoms with Crippen molar-refractivity contribution in [2.75, 3.05) is 5.75 Å². The molecule has 0 atom stereocenters. The predicted octanol–water partition coefficient (Wildman–Crippen LogP) is 1.74. The van der Waals surface area contributed by atoms with Crippen molar-refractivity contribution < 1.29 is 4.79 Å². The lowest BCUT2D eigenvalue weighted by molar-refractivity contribution is -0.119. The second-order valence-corrected chi connectivity index (χ2v) is 2.86. The van der Waals surface area contributed by atoms with E-state index in [0.717, 1.165) is 5.75 Å². The van der Waals surface area contributed by atoms with Crippen molar-refractivity contribution in [3.05, 3.63) is 11.6 Å². The van der Waals surface area contributed by atoms with E-state index in [2.05, 4.69) is 12.2 Å². The zero-order valence-electron chi connectivity index (χ0n) is 6.39. The molecule has 0 saturated carbocycles. The summed E-state index contributed by atoms with van der Waals surface area (Å²) >= 11 is 1.67. The molecule has 0 rings (SSSR count). The van der Waals surface area contributed by atoms with Gasteiger partial charge in [0.15, 0.2) is 0 Å². The number of rotatable bonds is 4. The lowest BCUT2D eigenvalue weighted by Gasteiger charge is -1.92. The average Bonchev–Trinajstić information content (AvgIpc) is 1.98. The van der Waals surface area contributed by atoms with Gasteiger partial charge in [0.2, 0.25) is 5.91 Å². The van der Waals surface area contributed by atoms with E-state index < -0.39 is 0 Å². The Balaban J connectivity index is 3.25. The molecular formula is C7H13NOS. The molecule has 1 N–H and O–H groups in total. The van der Waals surface area contributed by atoms with Crippen LogP contribution in [0.1, 0.15) is 20.3 Å². The van der Waals surface area contributed by atoms with Gasteiger partial charge in [-0.1, -0.05) is 13.8 Å². The van der Waals surface area contributed by atoms with Crippen molar-refractivity contribution >= 4 is 17.7 Å². The van der Waals surface area contributed by atoms with Crippen LogP contribution in [-0.4, -0.2) is 11.7 Å². The van der Waals surface area contributed by atoms with Crippen molar-refractivity contribution in [2.24, 2.45) is 0 Å². The molecule has 0 aromatic carbocycles. The first-order chi connectivity index (χ1) is 4.81. The van der Waals surface area contributed by atoms with E-state index in [4.69, 9.17) is 0 Å². The average molecular weight is 159 g/mol. The molecule has 0 aliphatic carbocycles. The lowest BCUT2D eigenvalue weighted by Crippen LogP contribution is -2.14. The summed E-state index contributed by atoms with van der Waals surface area (Å²) in [6.07, 6.45) is 2.22. The van der Waals surface area contributed by atoms with E-state index in [1.165, 1.54) is 0 Å². The fourth-order valence-electron chi connectivity index (χ4n) is 0.373. The summed E-state index contributed by atoms with van der Waals surface area (Å²) < 4.78 is 0. The number of hydrogen-bond donors (Lipinski definition) is 1. The zero-order valence-corrected chi connectivity index (χ0v) is 7.20. The van der Waals surface area contributed by atoms with Gasteiger partial charge in [-0.25, -0.2) is 0 Å². The standard InChI is InChI=1S/C7H13NOS/c1-3-7(9)8-5-6-10-4-2/h5-6H,3-4H2,1-2H3,(H,8,9). The van der Waals surface area contributed by atoms with E-state index in [1.54, 1.807) is 18.0 Å². The quantitative estimate of drug-likeness (QED) is 0.677. The molecule has 58 valence electrons. The maximum atomic E-state index is 10.6. The van der Waals surface area contributed by atoms with Crippen LogP contribution >= 0.6 is 11.8 Å². The Kier molecular flexibility index (Phi) is 6.38. The molecule has 0 fully saturated rings. The zero-order chi connectivity index (χ0) is 7.82. The molecule has 1 amide bonds. The lowest BCUT2D eigenvalue weighted by atomic mass is 10.5. The summed E-state index contributed by atoms with van der Waals surface area (Å²) in [5.74, 6) is 1.10. The third kappa shape index (κ3) is 5.69. The molecule has 0 aliphatic heterocycles. The molecule has 0 bridgehead atoms. The highest BCUT2D eigenvalue weighted by molar-refractivity contribution is 8.02. The summed E-state index contributed by atoms with van der Waals surface area (Å²) in [7, 11) is 0. The van der Waals surface area contributed by atoms with Gasteiger partial charge in [0.1, 0.15) is 0 Å². The van der Waals surface area contributed by atoms with E-state index in [-0.39, 0.29) is 5.91 Å². The normalized spacial score (nSPS) is 10.2. The van der Waals surface area contributed by atoms with Crippen molar-refractivity contribution in [3.63, 3.8) is 0 Å². The van der Waals surface area contributed by atoms with Gasteiger partial charge in [-0.3, -0.25) is 4.79 Å². The molecule has 10 heavy (non-hydrogen) atoms. The van der Waals surface area contributed by atoms with Gasteiger partial charge in [0, 0.05) is 12.6 Å². The molecule has 0 aromatic rings. The highest BCUT2D eigenvalue weighted by Crippen LogP contribution is 1.97. The van der Waals surface area contributed by atoms with E-state index in [0.29, 0.717) is 6.42 Å². The second kappa shape index (κ2) is 6.68. The fraction of sp³-hybridized carbons (Fsp3) is 0.571. The topological polar surface area (TPSA) is 29.1 Å². The number of carbonyl (C=O) groups excluding carboxylic acids is 1. The van der Waals surface area contributed by atoms with E-state index in [1.807, 2.05) is 12.3 Å². The molecular weight excluding hydrogens is 146 g/mol. The van der Waals surface area contributed by atoms with E-state index >= 15 is 0 Å². The summed E-state index contributed by atoms with van der Waals surface area (Å²) in [5, 5.41) is 4.51. The largest absolute Gasteiger partial charge is 0.332 e. The Morgan fingerprint density at radius 1 is 1.60 bits per heavy atom. The highest BCUT2D eigenvalue weighted by Gasteiger charge is 1.88. The molecule has 0 radical (unpaired) electrons. The van der Waals surface area contributed by atoms with Crippen LogP contribution in [0.5, 0.6) is 0 Å². The fourth-order valence-corrected chi connectivity index (χ4v) is 0.730. The van der Waals surface area contributed by atoms with Crippen LogP contribution < -0.4 is 5.32 Å². The Hall–Kier alpha value is -0.440. The maximum Gasteiger partial charge on any atom is 0.223 e. The first-order valence-electron chi connectivity index (χ1n) is 3.37. The molecule has 3 heteroatoms. The monoisotopic (exact) mass is 159 g/mol. The maximum absolute atomic E-state index is 10.6. The van der Waals surface area contributed by atoms with Gasteiger partial charge in [0.25, 0.3) is 0 Å². The Labute approximate surface area is 66.1 Å². The molecule has 0 spiro atoms. The Bertz CT molecular complexity index is 123. The summed E-state index contributed by atoms with van der Waals surface area (Å²) in [6, 6.07) is 0. The van der Waals surface area contributed by atoms with Crippen molar-refractivity contribution in [2.45, 2.75) is 20.3 Å². The Morgan fingerprint density at radius 2 is 2.30 bits per heavy atom. The number of nitrogens with one attached hydrogen (secondary N) is 1. The molecule has 0 saturated heterocycles. The third-order valence-electron chi connectivity index (χ3n) is 0.896. The number of carbonyl (C=O) groups is 1. The minimum Gasteiger partial charge on any atom is -0.332 e. The first-order valence-corrected chi connectivity index (χ1v) is 4.42. The molecule has 2 nitrogen and oxygen atoms in total. The van der Waals surface area contributed by atoms with Crippen molar-refractivity contribution in [1.29, 1.82) is 0 Å². The Morgan fingerprint density at radius 3 is 2.80 bits per heavy atom. The minimum absolute atomic E-state index is 0.0629. The van der Waals surface area contributed by atoms with Crippen LogP contribution in [0.2, 0.25) is 0 Å². The highest BCUT2D eigenvalue weighted by atomic mass is 32.2.